The number of aryl methyl sites for hydroxylation is 1. The third kappa shape index (κ3) is 2.27. The number of imidazole rings is 1. The molecule has 6 heteroatoms. The number of aliphatic hydroxyl groups is 1. The first-order valence-electron chi connectivity index (χ1n) is 6.72. The Hall–Kier alpha value is -1.01. The van der Waals surface area contributed by atoms with E-state index in [0.29, 0.717) is 13.0 Å². The average Bonchev–Trinajstić information content (AvgIpc) is 3.07. The summed E-state index contributed by atoms with van der Waals surface area (Å²) in [5.74, 6) is 1.25. The summed E-state index contributed by atoms with van der Waals surface area (Å²) in [6, 6.07) is -0.100. The molecule has 2 aliphatic rings. The van der Waals surface area contributed by atoms with Crippen LogP contribution in [-0.2, 0) is 24.8 Å². The molecule has 2 aliphatic heterocycles. The SMILES string of the molecule is Cn1cnc2c1C[C@H](CO)N(C(=O)[C@H]1CCCS1)C2. The second-order valence-corrected chi connectivity index (χ2v) is 6.57. The summed E-state index contributed by atoms with van der Waals surface area (Å²) in [5, 5.41) is 9.66. The van der Waals surface area contributed by atoms with Crippen LogP contribution in [0, 0.1) is 0 Å². The van der Waals surface area contributed by atoms with Crippen LogP contribution in [0.5, 0.6) is 0 Å². The molecule has 0 unspecified atom stereocenters. The highest BCUT2D eigenvalue weighted by molar-refractivity contribution is 8.00. The van der Waals surface area contributed by atoms with Gasteiger partial charge in [-0.15, -0.1) is 11.8 Å². The van der Waals surface area contributed by atoms with Gasteiger partial charge in [0.05, 0.1) is 36.5 Å². The van der Waals surface area contributed by atoms with Gasteiger partial charge in [-0.2, -0.15) is 0 Å². The second kappa shape index (κ2) is 5.17. The number of aliphatic hydroxyl groups excluding tert-OH is 1. The molecule has 0 aromatic carbocycles. The third-order valence-electron chi connectivity index (χ3n) is 4.03. The molecule has 0 saturated carbocycles. The van der Waals surface area contributed by atoms with Gasteiger partial charge in [-0.25, -0.2) is 4.98 Å². The maximum Gasteiger partial charge on any atom is 0.236 e. The minimum Gasteiger partial charge on any atom is -0.394 e. The van der Waals surface area contributed by atoms with Gasteiger partial charge in [0.1, 0.15) is 0 Å². The van der Waals surface area contributed by atoms with Crippen molar-refractivity contribution in [1.82, 2.24) is 14.5 Å². The van der Waals surface area contributed by atoms with Crippen LogP contribution >= 0.6 is 11.8 Å². The largest absolute Gasteiger partial charge is 0.394 e. The molecule has 0 bridgehead atoms. The third-order valence-corrected chi connectivity index (χ3v) is 5.40. The van der Waals surface area contributed by atoms with Crippen LogP contribution in [0.3, 0.4) is 0 Å². The molecular weight excluding hydrogens is 262 g/mol. The van der Waals surface area contributed by atoms with Gasteiger partial charge in [0.25, 0.3) is 0 Å². The fourth-order valence-corrected chi connectivity index (χ4v) is 4.13. The van der Waals surface area contributed by atoms with Crippen LogP contribution in [0.4, 0.5) is 0 Å². The number of hydrogen-bond donors (Lipinski definition) is 1. The van der Waals surface area contributed by atoms with Crippen molar-refractivity contribution in [1.29, 1.82) is 0 Å². The maximum atomic E-state index is 12.5. The number of fused-ring (bicyclic) bond motifs is 1. The summed E-state index contributed by atoms with van der Waals surface area (Å²) in [5.41, 5.74) is 2.12. The minimum atomic E-state index is -0.100. The van der Waals surface area contributed by atoms with Gasteiger partial charge in [-0.3, -0.25) is 4.79 Å². The second-order valence-electron chi connectivity index (χ2n) is 5.26. The highest BCUT2D eigenvalue weighted by Gasteiger charge is 2.36. The van der Waals surface area contributed by atoms with E-state index in [1.807, 2.05) is 16.5 Å². The Morgan fingerprint density at radius 3 is 3.16 bits per heavy atom. The van der Waals surface area contributed by atoms with E-state index in [-0.39, 0.29) is 23.8 Å². The summed E-state index contributed by atoms with van der Waals surface area (Å²) in [4.78, 5) is 18.7. The normalized spacial score (nSPS) is 26.5. The molecule has 3 rings (SSSR count). The van der Waals surface area contributed by atoms with Crippen LogP contribution in [0.25, 0.3) is 0 Å². The van der Waals surface area contributed by atoms with E-state index in [4.69, 9.17) is 0 Å². The Balaban J connectivity index is 1.82. The van der Waals surface area contributed by atoms with E-state index in [9.17, 15) is 9.90 Å². The number of rotatable bonds is 2. The molecule has 2 atom stereocenters. The van der Waals surface area contributed by atoms with Gasteiger partial charge < -0.3 is 14.6 Å². The first-order chi connectivity index (χ1) is 9.20. The van der Waals surface area contributed by atoms with Crippen molar-refractivity contribution in [2.45, 2.75) is 37.1 Å². The lowest BCUT2D eigenvalue weighted by molar-refractivity contribution is -0.135. The predicted molar refractivity (Wildman–Crippen MR) is 73.8 cm³/mol. The zero-order chi connectivity index (χ0) is 13.4. The van der Waals surface area contributed by atoms with Crippen LogP contribution in [0.1, 0.15) is 24.2 Å². The molecule has 0 radical (unpaired) electrons. The molecule has 1 fully saturated rings. The fourth-order valence-electron chi connectivity index (χ4n) is 2.90. The number of hydrogen-bond acceptors (Lipinski definition) is 4. The molecule has 3 heterocycles. The van der Waals surface area contributed by atoms with E-state index in [1.54, 1.807) is 18.1 Å². The smallest absolute Gasteiger partial charge is 0.236 e. The molecule has 1 saturated heterocycles. The highest BCUT2D eigenvalue weighted by atomic mass is 32.2. The Morgan fingerprint density at radius 2 is 2.47 bits per heavy atom. The molecule has 1 aromatic heterocycles. The maximum absolute atomic E-state index is 12.5. The Labute approximate surface area is 117 Å². The molecule has 1 N–H and O–H groups in total. The topological polar surface area (TPSA) is 58.4 Å². The molecule has 0 spiro atoms. The molecule has 19 heavy (non-hydrogen) atoms. The van der Waals surface area contributed by atoms with Crippen LogP contribution in [0.15, 0.2) is 6.33 Å². The van der Waals surface area contributed by atoms with E-state index in [0.717, 1.165) is 30.0 Å². The molecule has 104 valence electrons. The summed E-state index contributed by atoms with van der Waals surface area (Å²) in [7, 11) is 1.96. The van der Waals surface area contributed by atoms with E-state index < -0.39 is 0 Å². The number of amides is 1. The summed E-state index contributed by atoms with van der Waals surface area (Å²) in [6.45, 7) is 0.561. The standard InChI is InChI=1S/C13H19N3O2S/c1-15-8-14-10-6-16(9(7-17)5-11(10)15)13(18)12-3-2-4-19-12/h8-9,12,17H,2-7H2,1H3/t9-,12-/m1/s1. The summed E-state index contributed by atoms with van der Waals surface area (Å²) >= 11 is 1.74. The number of aromatic nitrogens is 2. The van der Waals surface area contributed by atoms with Crippen LogP contribution in [-0.4, -0.2) is 49.1 Å². The Bertz CT molecular complexity index is 482. The Morgan fingerprint density at radius 1 is 1.63 bits per heavy atom. The highest BCUT2D eigenvalue weighted by Crippen LogP contribution is 2.31. The quantitative estimate of drug-likeness (QED) is 0.860. The molecule has 1 amide bonds. The lowest BCUT2D eigenvalue weighted by atomic mass is 10.0. The minimum absolute atomic E-state index is 0.0216. The first-order valence-corrected chi connectivity index (χ1v) is 7.77. The number of thioether (sulfide) groups is 1. The van der Waals surface area contributed by atoms with Crippen molar-refractivity contribution in [3.63, 3.8) is 0 Å². The zero-order valence-corrected chi connectivity index (χ0v) is 11.9. The van der Waals surface area contributed by atoms with Crippen molar-refractivity contribution >= 4 is 17.7 Å². The summed E-state index contributed by atoms with van der Waals surface area (Å²) < 4.78 is 1.99. The fraction of sp³-hybridized carbons (Fsp3) is 0.692. The van der Waals surface area contributed by atoms with Crippen molar-refractivity contribution in [2.75, 3.05) is 12.4 Å². The van der Waals surface area contributed by atoms with Gasteiger partial charge in [0.15, 0.2) is 0 Å². The molecule has 5 nitrogen and oxygen atoms in total. The van der Waals surface area contributed by atoms with Gasteiger partial charge in [0, 0.05) is 19.2 Å². The van der Waals surface area contributed by atoms with E-state index in [1.165, 1.54) is 0 Å². The number of carbonyl (C=O) groups excluding carboxylic acids is 1. The summed E-state index contributed by atoms with van der Waals surface area (Å²) in [6.07, 6.45) is 4.57. The van der Waals surface area contributed by atoms with Crippen molar-refractivity contribution in [3.05, 3.63) is 17.7 Å². The predicted octanol–water partition coefficient (Wildman–Crippen LogP) is 0.561. The van der Waals surface area contributed by atoms with Crippen LogP contribution in [0.2, 0.25) is 0 Å². The zero-order valence-electron chi connectivity index (χ0n) is 11.1. The van der Waals surface area contributed by atoms with Crippen LogP contribution < -0.4 is 0 Å². The lowest BCUT2D eigenvalue weighted by Gasteiger charge is -2.35. The van der Waals surface area contributed by atoms with Crippen molar-refractivity contribution in [3.8, 4) is 0 Å². The molecule has 0 aliphatic carbocycles. The van der Waals surface area contributed by atoms with E-state index >= 15 is 0 Å². The van der Waals surface area contributed by atoms with Gasteiger partial charge in [-0.1, -0.05) is 0 Å². The number of carbonyl (C=O) groups is 1. The van der Waals surface area contributed by atoms with Crippen molar-refractivity contribution in [2.24, 2.45) is 7.05 Å². The average molecular weight is 281 g/mol. The van der Waals surface area contributed by atoms with Gasteiger partial charge in [-0.05, 0) is 18.6 Å². The van der Waals surface area contributed by atoms with Crippen molar-refractivity contribution < 1.29 is 9.90 Å². The van der Waals surface area contributed by atoms with Gasteiger partial charge in [0.2, 0.25) is 5.91 Å². The first kappa shape index (κ1) is 13.0. The molecular formula is C13H19N3O2S. The van der Waals surface area contributed by atoms with E-state index in [2.05, 4.69) is 4.98 Å². The Kier molecular flexibility index (Phi) is 3.54. The van der Waals surface area contributed by atoms with Gasteiger partial charge >= 0.3 is 0 Å². The lowest BCUT2D eigenvalue weighted by Crippen LogP contribution is -2.49. The monoisotopic (exact) mass is 281 g/mol. The number of nitrogens with zero attached hydrogens (tertiary/aromatic N) is 3. The molecule has 1 aromatic rings.